The van der Waals surface area contributed by atoms with Crippen LogP contribution in [0.4, 0.5) is 22.7 Å². The third kappa shape index (κ3) is 6.46. The monoisotopic (exact) mass is 572 g/mol. The quantitative estimate of drug-likeness (QED) is 0.103. The van der Waals surface area contributed by atoms with Crippen LogP contribution in [0.3, 0.4) is 0 Å². The first kappa shape index (κ1) is 28.7. The second-order valence-electron chi connectivity index (χ2n) is 8.13. The molecule has 0 radical (unpaired) electrons. The number of para-hydroxylation sites is 2. The minimum Gasteiger partial charge on any atom is -0.465 e. The summed E-state index contributed by atoms with van der Waals surface area (Å²) in [5.41, 5.74) is 5.79. The molecule has 0 atom stereocenters. The van der Waals surface area contributed by atoms with Gasteiger partial charge in [-0.2, -0.15) is 23.7 Å². The van der Waals surface area contributed by atoms with E-state index in [0.717, 1.165) is 14.2 Å². The fourth-order valence-corrected chi connectivity index (χ4v) is 4.36. The van der Waals surface area contributed by atoms with Crippen molar-refractivity contribution < 1.29 is 22.1 Å². The van der Waals surface area contributed by atoms with E-state index >= 15 is 0 Å². The zero-order valence-electron chi connectivity index (χ0n) is 21.8. The number of esters is 1. The van der Waals surface area contributed by atoms with Gasteiger partial charge in [0, 0.05) is 0 Å². The predicted octanol–water partition coefficient (Wildman–Crippen LogP) is 2.91. The highest BCUT2D eigenvalue weighted by Gasteiger charge is 2.22. The molecule has 0 aliphatic heterocycles. The number of ether oxygens (including phenoxy) is 1. The van der Waals surface area contributed by atoms with Gasteiger partial charge in [0.15, 0.2) is 0 Å². The molecule has 0 heterocycles. The molecule has 14 heteroatoms. The summed E-state index contributed by atoms with van der Waals surface area (Å²) < 4.78 is 34.4. The van der Waals surface area contributed by atoms with E-state index in [1.54, 1.807) is 60.7 Å². The zero-order chi connectivity index (χ0) is 29.4. The van der Waals surface area contributed by atoms with Gasteiger partial charge in [-0.3, -0.25) is 25.9 Å². The van der Waals surface area contributed by atoms with Gasteiger partial charge < -0.3 is 4.74 Å². The van der Waals surface area contributed by atoms with Gasteiger partial charge in [-0.15, -0.1) is 5.11 Å². The second kappa shape index (κ2) is 12.7. The maximum Gasteiger partial charge on any atom is 0.342 e. The molecule has 41 heavy (non-hydrogen) atoms. The van der Waals surface area contributed by atoms with Crippen LogP contribution in [0.2, 0.25) is 0 Å². The van der Waals surface area contributed by atoms with E-state index in [9.17, 15) is 13.2 Å². The number of hydrogen-bond donors (Lipinski definition) is 4. The molecule has 0 aliphatic rings. The van der Waals surface area contributed by atoms with Gasteiger partial charge >= 0.3 is 5.97 Å². The van der Waals surface area contributed by atoms with Crippen LogP contribution in [0.25, 0.3) is 0 Å². The Balaban J connectivity index is 2.01. The third-order valence-electron chi connectivity index (χ3n) is 5.57. The Bertz CT molecular complexity index is 1940. The van der Waals surface area contributed by atoms with Crippen molar-refractivity contribution in [2.24, 2.45) is 20.4 Å². The van der Waals surface area contributed by atoms with E-state index in [-0.39, 0.29) is 37.9 Å². The van der Waals surface area contributed by atoms with Gasteiger partial charge in [0.1, 0.15) is 37.6 Å². The smallest absolute Gasteiger partial charge is 0.342 e. The highest BCUT2D eigenvalue weighted by Crippen LogP contribution is 2.22. The second-order valence-corrected chi connectivity index (χ2v) is 9.81. The molecule has 4 aromatic rings. The Hall–Kier alpha value is -5.34. The van der Waals surface area contributed by atoms with Crippen molar-refractivity contribution >= 4 is 38.8 Å². The summed E-state index contributed by atoms with van der Waals surface area (Å²) in [6, 6.07) is 23.2. The SMILES string of the molecule is COC(=O)c1c(/N=N/c2ccccc2)c(=N)/c(=N/Nc2ccccc2)c(=N)/c1=N\Nc1ccccc1S(=O)(=O)OC. The largest absolute Gasteiger partial charge is 0.465 e. The van der Waals surface area contributed by atoms with Gasteiger partial charge in [-0.1, -0.05) is 48.5 Å². The molecule has 0 aromatic heterocycles. The number of rotatable bonds is 9. The van der Waals surface area contributed by atoms with Crippen LogP contribution < -0.4 is 32.3 Å². The van der Waals surface area contributed by atoms with Crippen LogP contribution in [0.1, 0.15) is 10.4 Å². The van der Waals surface area contributed by atoms with E-state index in [4.69, 9.17) is 15.6 Å². The van der Waals surface area contributed by atoms with Crippen LogP contribution in [0.5, 0.6) is 0 Å². The number of nitrogens with one attached hydrogen (secondary N) is 4. The fourth-order valence-electron chi connectivity index (χ4n) is 3.55. The Morgan fingerprint density at radius 2 is 1.37 bits per heavy atom. The highest BCUT2D eigenvalue weighted by atomic mass is 32.2. The molecule has 4 aromatic carbocycles. The van der Waals surface area contributed by atoms with Crippen molar-refractivity contribution in [3.8, 4) is 0 Å². The molecule has 0 saturated heterocycles. The van der Waals surface area contributed by atoms with Gasteiger partial charge in [0.05, 0.1) is 31.3 Å². The van der Waals surface area contributed by atoms with Crippen LogP contribution in [0, 0.1) is 10.8 Å². The van der Waals surface area contributed by atoms with Gasteiger partial charge in [-0.25, -0.2) is 4.79 Å². The van der Waals surface area contributed by atoms with Crippen LogP contribution in [-0.4, -0.2) is 28.6 Å². The van der Waals surface area contributed by atoms with Gasteiger partial charge in [-0.05, 0) is 36.4 Å². The molecule has 0 spiro atoms. The standard InChI is InChI=1S/C27H24N8O5S/c1-39-27(36)21-24(33-30-17-11-5-3-6-12-17)22(28)26(35-31-18-13-7-4-8-14-18)23(29)25(21)34-32-19-15-9-10-16-20(19)41(37,38)40-2/h3-16,28-29,31-32H,1-2H3/b28-22?,29-23?,33-30+,34-25-,35-26-. The van der Waals surface area contributed by atoms with Crippen molar-refractivity contribution in [2.75, 3.05) is 25.1 Å². The molecule has 0 unspecified atom stereocenters. The zero-order valence-corrected chi connectivity index (χ0v) is 22.6. The molecular formula is C27H24N8O5S. The van der Waals surface area contributed by atoms with E-state index in [2.05, 4.69) is 35.5 Å². The summed E-state index contributed by atoms with van der Waals surface area (Å²) >= 11 is 0. The highest BCUT2D eigenvalue weighted by molar-refractivity contribution is 7.87. The lowest BCUT2D eigenvalue weighted by Crippen LogP contribution is -2.51. The molecule has 4 N–H and O–H groups in total. The first-order valence-corrected chi connectivity index (χ1v) is 13.3. The Kier molecular flexibility index (Phi) is 8.86. The molecule has 0 fully saturated rings. The van der Waals surface area contributed by atoms with Crippen molar-refractivity contribution in [1.82, 2.24) is 0 Å². The summed E-state index contributed by atoms with van der Waals surface area (Å²) in [6.07, 6.45) is 0. The van der Waals surface area contributed by atoms with Gasteiger partial charge in [0.2, 0.25) is 0 Å². The maximum absolute atomic E-state index is 13.0. The summed E-state index contributed by atoms with van der Waals surface area (Å²) in [5, 5.41) is 33.0. The first-order chi connectivity index (χ1) is 19.8. The Labute approximate surface area is 234 Å². The summed E-state index contributed by atoms with van der Waals surface area (Å²) in [4.78, 5) is 12.8. The van der Waals surface area contributed by atoms with Gasteiger partial charge in [0.25, 0.3) is 10.1 Å². The van der Waals surface area contributed by atoms with E-state index in [0.29, 0.717) is 11.4 Å². The number of benzene rings is 4. The third-order valence-corrected chi connectivity index (χ3v) is 6.90. The number of azo groups is 1. The normalized spacial score (nSPS) is 12.4. The van der Waals surface area contributed by atoms with E-state index < -0.39 is 21.4 Å². The van der Waals surface area contributed by atoms with Crippen LogP contribution >= 0.6 is 0 Å². The van der Waals surface area contributed by atoms with Crippen molar-refractivity contribution in [3.63, 3.8) is 0 Å². The minimum absolute atomic E-state index is 0.00729. The molecule has 13 nitrogen and oxygen atoms in total. The fraction of sp³-hybridized carbons (Fsp3) is 0.0741. The van der Waals surface area contributed by atoms with E-state index in [1.165, 1.54) is 18.2 Å². The van der Waals surface area contributed by atoms with Crippen molar-refractivity contribution in [1.29, 1.82) is 10.8 Å². The van der Waals surface area contributed by atoms with Crippen molar-refractivity contribution in [3.05, 3.63) is 112 Å². The summed E-state index contributed by atoms with van der Waals surface area (Å²) in [6.45, 7) is 0. The number of carbonyl (C=O) groups excluding carboxylic acids is 1. The van der Waals surface area contributed by atoms with E-state index in [1.807, 2.05) is 6.07 Å². The summed E-state index contributed by atoms with van der Waals surface area (Å²) in [5.74, 6) is -0.949. The Morgan fingerprint density at radius 3 is 2.02 bits per heavy atom. The average molecular weight is 573 g/mol. The average Bonchev–Trinajstić information content (AvgIpc) is 3.00. The molecular weight excluding hydrogens is 548 g/mol. The lowest BCUT2D eigenvalue weighted by atomic mass is 10.1. The molecule has 0 aliphatic carbocycles. The van der Waals surface area contributed by atoms with Crippen LogP contribution in [-0.2, 0) is 19.0 Å². The lowest BCUT2D eigenvalue weighted by molar-refractivity contribution is 0.0599. The van der Waals surface area contributed by atoms with Crippen LogP contribution in [0.15, 0.2) is 110 Å². The number of nitrogens with zero attached hydrogens (tertiary/aromatic N) is 4. The topological polar surface area (TPSA) is 191 Å². The molecule has 0 bridgehead atoms. The van der Waals surface area contributed by atoms with Crippen molar-refractivity contribution in [2.45, 2.75) is 4.90 Å². The molecule has 0 saturated carbocycles. The number of hydrogen-bond acceptors (Lipinski definition) is 13. The lowest BCUT2D eigenvalue weighted by Gasteiger charge is -2.09. The number of methoxy groups -OCH3 is 1. The summed E-state index contributed by atoms with van der Waals surface area (Å²) in [7, 11) is -1.98. The molecule has 0 amide bonds. The predicted molar refractivity (Wildman–Crippen MR) is 148 cm³/mol. The first-order valence-electron chi connectivity index (χ1n) is 11.9. The number of anilines is 2. The molecule has 4 rings (SSSR count). The number of carbonyl (C=O) groups is 1. The maximum atomic E-state index is 13.0. The molecule has 208 valence electrons. The minimum atomic E-state index is -4.13. The Morgan fingerprint density at radius 1 is 0.756 bits per heavy atom.